The quantitative estimate of drug-likeness (QED) is 0.516. The second-order valence-corrected chi connectivity index (χ2v) is 8.42. The third kappa shape index (κ3) is 3.27. The number of pyridine rings is 1. The van der Waals surface area contributed by atoms with E-state index >= 15 is 0 Å². The third-order valence-electron chi connectivity index (χ3n) is 5.43. The van der Waals surface area contributed by atoms with Crippen LogP contribution in [0.15, 0.2) is 47.0 Å². The highest BCUT2D eigenvalue weighted by Crippen LogP contribution is 2.38. The highest BCUT2D eigenvalue weighted by molar-refractivity contribution is 7.21. The average molecular weight is 404 g/mol. The van der Waals surface area contributed by atoms with Crippen LogP contribution in [0.1, 0.15) is 44.6 Å². The van der Waals surface area contributed by atoms with E-state index in [1.54, 1.807) is 13.0 Å². The molecule has 4 aromatic rings. The minimum absolute atomic E-state index is 0.293. The monoisotopic (exact) mass is 404 g/mol. The van der Waals surface area contributed by atoms with Gasteiger partial charge in [-0.2, -0.15) is 0 Å². The van der Waals surface area contributed by atoms with Gasteiger partial charge in [0.05, 0.1) is 5.69 Å². The molecule has 0 radical (unpaired) electrons. The lowest BCUT2D eigenvalue weighted by molar-refractivity contribution is 0.103. The average Bonchev–Trinajstić information content (AvgIpc) is 3.29. The second kappa shape index (κ2) is 7.00. The van der Waals surface area contributed by atoms with Crippen LogP contribution in [0, 0.1) is 6.92 Å². The van der Waals surface area contributed by atoms with Crippen molar-refractivity contribution in [2.45, 2.75) is 32.1 Å². The summed E-state index contributed by atoms with van der Waals surface area (Å²) in [5, 5.41) is 7.39. The Hall–Kier alpha value is -3.19. The molecule has 0 saturated heterocycles. The summed E-state index contributed by atoms with van der Waals surface area (Å²) in [5.74, 6) is 1.20. The lowest BCUT2D eigenvalue weighted by Crippen LogP contribution is -2.14. The second-order valence-electron chi connectivity index (χ2n) is 7.42. The number of thiophene rings is 1. The molecule has 0 aliphatic heterocycles. The van der Waals surface area contributed by atoms with Gasteiger partial charge in [0.2, 0.25) is 0 Å². The molecule has 0 bridgehead atoms. The minimum atomic E-state index is -0.293. The van der Waals surface area contributed by atoms with E-state index in [4.69, 9.17) is 15.2 Å². The molecule has 3 heterocycles. The number of aryl methyl sites for hydroxylation is 2. The summed E-state index contributed by atoms with van der Waals surface area (Å²) in [6.07, 6.45) is 2.95. The van der Waals surface area contributed by atoms with E-state index in [2.05, 4.69) is 40.8 Å². The van der Waals surface area contributed by atoms with Gasteiger partial charge in [-0.15, -0.1) is 11.3 Å². The van der Waals surface area contributed by atoms with Gasteiger partial charge in [0.1, 0.15) is 15.5 Å². The van der Waals surface area contributed by atoms with E-state index < -0.39 is 0 Å². The fourth-order valence-corrected chi connectivity index (χ4v) is 4.96. The van der Waals surface area contributed by atoms with Gasteiger partial charge in [0, 0.05) is 17.1 Å². The molecule has 5 rings (SSSR count). The summed E-state index contributed by atoms with van der Waals surface area (Å²) < 4.78 is 5.00. The number of nitrogen functional groups attached to an aromatic ring is 1. The van der Waals surface area contributed by atoms with E-state index in [0.29, 0.717) is 28.1 Å². The Kier molecular flexibility index (Phi) is 4.32. The van der Waals surface area contributed by atoms with Crippen molar-refractivity contribution in [2.75, 3.05) is 11.1 Å². The number of nitrogens with one attached hydrogen (secondary N) is 1. The van der Waals surface area contributed by atoms with Crippen LogP contribution >= 0.6 is 11.3 Å². The molecule has 1 aromatic carbocycles. The smallest absolute Gasteiger partial charge is 0.269 e. The van der Waals surface area contributed by atoms with Gasteiger partial charge >= 0.3 is 0 Å². The zero-order valence-corrected chi connectivity index (χ0v) is 16.8. The molecule has 1 aliphatic carbocycles. The first-order valence-corrected chi connectivity index (χ1v) is 10.4. The van der Waals surface area contributed by atoms with Gasteiger partial charge in [0.25, 0.3) is 5.91 Å². The molecule has 1 amide bonds. The van der Waals surface area contributed by atoms with Gasteiger partial charge < -0.3 is 15.6 Å². The molecule has 29 heavy (non-hydrogen) atoms. The standard InChI is InChI=1S/C22H20N4O2S/c1-12-9-18(26-28-12)25-21(27)20-19(23)16-11-15-10-14(13-5-3-2-4-6-13)7-8-17(15)24-22(16)29-20/h2-6,9,11,14H,7-8,10,23H2,1H3,(H,25,26,27)/t14-/m1/s1. The number of carbonyl (C=O) groups excluding carboxylic acids is 1. The number of hydrogen-bond donors (Lipinski definition) is 2. The zero-order chi connectivity index (χ0) is 20.0. The molecule has 146 valence electrons. The summed E-state index contributed by atoms with van der Waals surface area (Å²) in [4.78, 5) is 18.8. The van der Waals surface area contributed by atoms with Crippen LogP contribution < -0.4 is 11.1 Å². The van der Waals surface area contributed by atoms with E-state index in [1.807, 2.05) is 6.07 Å². The molecule has 3 N–H and O–H groups in total. The van der Waals surface area contributed by atoms with Crippen molar-refractivity contribution in [2.24, 2.45) is 0 Å². The number of fused-ring (bicyclic) bond motifs is 2. The number of benzene rings is 1. The molecule has 1 atom stereocenters. The third-order valence-corrected chi connectivity index (χ3v) is 6.55. The number of nitrogens with two attached hydrogens (primary N) is 1. The van der Waals surface area contributed by atoms with Crippen molar-refractivity contribution in [3.05, 3.63) is 69.9 Å². The number of hydrogen-bond acceptors (Lipinski definition) is 6. The van der Waals surface area contributed by atoms with Crippen LogP contribution in [0.3, 0.4) is 0 Å². The summed E-state index contributed by atoms with van der Waals surface area (Å²) in [5.41, 5.74) is 10.5. The Morgan fingerprint density at radius 2 is 2.10 bits per heavy atom. The first-order chi connectivity index (χ1) is 14.1. The summed E-state index contributed by atoms with van der Waals surface area (Å²) in [7, 11) is 0. The van der Waals surface area contributed by atoms with Gasteiger partial charge in [0.15, 0.2) is 5.82 Å². The van der Waals surface area contributed by atoms with Crippen molar-refractivity contribution >= 4 is 39.0 Å². The maximum atomic E-state index is 12.7. The molecule has 6 nitrogen and oxygen atoms in total. The first kappa shape index (κ1) is 17.9. The summed E-state index contributed by atoms with van der Waals surface area (Å²) in [6, 6.07) is 14.4. The van der Waals surface area contributed by atoms with Crippen molar-refractivity contribution < 1.29 is 9.32 Å². The van der Waals surface area contributed by atoms with E-state index in [1.165, 1.54) is 22.5 Å². The Labute approximate surface area is 171 Å². The van der Waals surface area contributed by atoms with Gasteiger partial charge in [-0.05, 0) is 49.3 Å². The molecular weight excluding hydrogens is 384 g/mol. The number of rotatable bonds is 3. The fourth-order valence-electron chi connectivity index (χ4n) is 3.97. The van der Waals surface area contributed by atoms with Crippen molar-refractivity contribution in [1.29, 1.82) is 0 Å². The molecular formula is C22H20N4O2S. The normalized spacial score (nSPS) is 16.0. The van der Waals surface area contributed by atoms with Crippen LogP contribution in [0.25, 0.3) is 10.2 Å². The highest BCUT2D eigenvalue weighted by Gasteiger charge is 2.24. The van der Waals surface area contributed by atoms with Gasteiger partial charge in [-0.25, -0.2) is 4.98 Å². The molecule has 0 saturated carbocycles. The molecule has 0 spiro atoms. The molecule has 0 unspecified atom stereocenters. The van der Waals surface area contributed by atoms with Crippen LogP contribution in [-0.2, 0) is 12.8 Å². The van der Waals surface area contributed by atoms with Crippen LogP contribution in [0.5, 0.6) is 0 Å². The van der Waals surface area contributed by atoms with Gasteiger partial charge in [-0.3, -0.25) is 4.79 Å². The van der Waals surface area contributed by atoms with E-state index in [9.17, 15) is 4.79 Å². The summed E-state index contributed by atoms with van der Waals surface area (Å²) in [6.45, 7) is 1.77. The number of anilines is 2. The number of amides is 1. The predicted molar refractivity (Wildman–Crippen MR) is 114 cm³/mol. The largest absolute Gasteiger partial charge is 0.397 e. The number of carbonyl (C=O) groups is 1. The number of nitrogens with zero attached hydrogens (tertiary/aromatic N) is 2. The fraction of sp³-hybridized carbons (Fsp3) is 0.227. The SMILES string of the molecule is Cc1cc(NC(=O)c2sc3nc4c(cc3c2N)C[C@H](c2ccccc2)CC4)no1. The zero-order valence-electron chi connectivity index (χ0n) is 15.9. The Morgan fingerprint density at radius 1 is 1.28 bits per heavy atom. The predicted octanol–water partition coefficient (Wildman–Crippen LogP) is 4.70. The van der Waals surface area contributed by atoms with Crippen molar-refractivity contribution in [1.82, 2.24) is 10.1 Å². The molecule has 0 fully saturated rings. The lowest BCUT2D eigenvalue weighted by atomic mass is 9.82. The van der Waals surface area contributed by atoms with E-state index in [0.717, 1.165) is 35.2 Å². The Morgan fingerprint density at radius 3 is 2.86 bits per heavy atom. The van der Waals surface area contributed by atoms with Crippen LogP contribution in [-0.4, -0.2) is 16.0 Å². The molecule has 3 aromatic heterocycles. The lowest BCUT2D eigenvalue weighted by Gasteiger charge is -2.24. The first-order valence-electron chi connectivity index (χ1n) is 9.59. The maximum absolute atomic E-state index is 12.7. The van der Waals surface area contributed by atoms with Crippen LogP contribution in [0.4, 0.5) is 11.5 Å². The topological polar surface area (TPSA) is 94.0 Å². The molecule has 7 heteroatoms. The summed E-state index contributed by atoms with van der Waals surface area (Å²) >= 11 is 1.32. The molecule has 1 aliphatic rings. The maximum Gasteiger partial charge on any atom is 0.269 e. The van der Waals surface area contributed by atoms with Crippen LogP contribution in [0.2, 0.25) is 0 Å². The van der Waals surface area contributed by atoms with E-state index in [-0.39, 0.29) is 5.91 Å². The van der Waals surface area contributed by atoms with Crippen molar-refractivity contribution in [3.8, 4) is 0 Å². The van der Waals surface area contributed by atoms with Gasteiger partial charge in [-0.1, -0.05) is 35.5 Å². The Balaban J connectivity index is 1.46. The minimum Gasteiger partial charge on any atom is -0.397 e. The Bertz CT molecular complexity index is 1210. The van der Waals surface area contributed by atoms with Crippen molar-refractivity contribution in [3.63, 3.8) is 0 Å². The highest BCUT2D eigenvalue weighted by atomic mass is 32.1. The number of aromatic nitrogens is 2.